The van der Waals surface area contributed by atoms with E-state index in [2.05, 4.69) is 25.8 Å². The third kappa shape index (κ3) is 4.45. The summed E-state index contributed by atoms with van der Waals surface area (Å²) in [6.45, 7) is 0.143. The highest BCUT2D eigenvalue weighted by Gasteiger charge is 2.17. The average Bonchev–Trinajstić information content (AvgIpc) is 3.50. The molecule has 0 radical (unpaired) electrons. The van der Waals surface area contributed by atoms with Gasteiger partial charge in [-0.3, -0.25) is 14.9 Å². The number of para-hydroxylation sites is 1. The third-order valence-corrected chi connectivity index (χ3v) is 7.05. The Morgan fingerprint density at radius 2 is 1.87 bits per heavy atom. The lowest BCUT2D eigenvalue weighted by molar-refractivity contribution is -0.113. The number of amides is 2. The van der Waals surface area contributed by atoms with Gasteiger partial charge in [0, 0.05) is 5.56 Å². The van der Waals surface area contributed by atoms with Crippen molar-refractivity contribution in [3.05, 3.63) is 48.0 Å². The Bertz CT molecular complexity index is 1260. The van der Waals surface area contributed by atoms with E-state index in [9.17, 15) is 9.59 Å². The number of carbonyl (C=O) groups is 2. The highest BCUT2D eigenvalue weighted by atomic mass is 32.2. The maximum absolute atomic E-state index is 12.4. The number of nitrogens with one attached hydrogen (secondary N) is 2. The smallest absolute Gasteiger partial charge is 0.257 e. The van der Waals surface area contributed by atoms with Gasteiger partial charge in [0.2, 0.25) is 17.8 Å². The Hall–Kier alpha value is -3.22. The first-order valence-electron chi connectivity index (χ1n) is 8.97. The van der Waals surface area contributed by atoms with Gasteiger partial charge >= 0.3 is 0 Å². The van der Waals surface area contributed by atoms with Crippen LogP contribution in [0.5, 0.6) is 11.5 Å². The molecule has 156 valence electrons. The van der Waals surface area contributed by atoms with Crippen LogP contribution in [-0.4, -0.2) is 39.5 Å². The average molecular weight is 472 g/mol. The second-order valence-corrected chi connectivity index (χ2v) is 9.45. The standard InChI is InChI=1S/C19H13N5O4S3/c25-15(21-17-20-11-3-1-2-4-14(11)30-17)8-29-19-24-23-18(31-19)22-16(26)10-5-6-12-13(7-10)28-9-27-12/h1-7H,8-9H2,(H,20,21,25)(H,22,23,26). The van der Waals surface area contributed by atoms with Crippen molar-refractivity contribution in [2.75, 3.05) is 23.2 Å². The van der Waals surface area contributed by atoms with Gasteiger partial charge in [-0.25, -0.2) is 4.98 Å². The van der Waals surface area contributed by atoms with Gasteiger partial charge in [0.25, 0.3) is 5.91 Å². The number of aromatic nitrogens is 3. The van der Waals surface area contributed by atoms with Gasteiger partial charge in [0.1, 0.15) is 0 Å². The second-order valence-electron chi connectivity index (χ2n) is 6.22. The van der Waals surface area contributed by atoms with Gasteiger partial charge < -0.3 is 14.8 Å². The van der Waals surface area contributed by atoms with Crippen LogP contribution in [0.4, 0.5) is 10.3 Å². The number of benzene rings is 2. The molecule has 12 heteroatoms. The number of rotatable bonds is 6. The van der Waals surface area contributed by atoms with E-state index in [0.29, 0.717) is 31.7 Å². The highest BCUT2D eigenvalue weighted by Crippen LogP contribution is 2.33. The number of thiazole rings is 1. The summed E-state index contributed by atoms with van der Waals surface area (Å²) in [4.78, 5) is 29.0. The molecule has 0 saturated carbocycles. The zero-order valence-corrected chi connectivity index (χ0v) is 18.1. The highest BCUT2D eigenvalue weighted by molar-refractivity contribution is 8.01. The molecule has 3 heterocycles. The van der Waals surface area contributed by atoms with Crippen LogP contribution in [0.25, 0.3) is 10.2 Å². The van der Waals surface area contributed by atoms with Crippen molar-refractivity contribution in [3.8, 4) is 11.5 Å². The molecule has 2 N–H and O–H groups in total. The molecule has 9 nitrogen and oxygen atoms in total. The predicted molar refractivity (Wildman–Crippen MR) is 119 cm³/mol. The first kappa shape index (κ1) is 19.7. The van der Waals surface area contributed by atoms with Crippen LogP contribution in [0.15, 0.2) is 46.8 Å². The Kier molecular flexibility index (Phi) is 5.40. The van der Waals surface area contributed by atoms with Gasteiger partial charge in [0.05, 0.1) is 16.0 Å². The van der Waals surface area contributed by atoms with E-state index in [-0.39, 0.29) is 24.4 Å². The van der Waals surface area contributed by atoms with Gasteiger partial charge in [-0.05, 0) is 30.3 Å². The first-order chi connectivity index (χ1) is 15.1. The largest absolute Gasteiger partial charge is 0.454 e. The van der Waals surface area contributed by atoms with Crippen molar-refractivity contribution >= 4 is 66.7 Å². The summed E-state index contributed by atoms with van der Waals surface area (Å²) in [6, 6.07) is 12.6. The topological polar surface area (TPSA) is 115 Å². The zero-order chi connectivity index (χ0) is 21.2. The molecule has 2 amide bonds. The summed E-state index contributed by atoms with van der Waals surface area (Å²) in [5, 5.41) is 14.4. The molecular formula is C19H13N5O4S3. The third-order valence-electron chi connectivity index (χ3n) is 4.13. The minimum atomic E-state index is -0.334. The molecule has 2 aromatic carbocycles. The summed E-state index contributed by atoms with van der Waals surface area (Å²) >= 11 is 3.85. The molecule has 0 unspecified atom stereocenters. The summed E-state index contributed by atoms with van der Waals surface area (Å²) in [6.07, 6.45) is 0. The van der Waals surface area contributed by atoms with Crippen LogP contribution in [0.1, 0.15) is 10.4 Å². The van der Waals surface area contributed by atoms with E-state index in [1.54, 1.807) is 18.2 Å². The maximum Gasteiger partial charge on any atom is 0.257 e. The minimum absolute atomic E-state index is 0.143. The van der Waals surface area contributed by atoms with Crippen molar-refractivity contribution in [1.82, 2.24) is 15.2 Å². The van der Waals surface area contributed by atoms with E-state index in [0.717, 1.165) is 10.2 Å². The number of anilines is 2. The van der Waals surface area contributed by atoms with Crippen molar-refractivity contribution < 1.29 is 19.1 Å². The molecule has 0 fully saturated rings. The van der Waals surface area contributed by atoms with Crippen LogP contribution in [0.3, 0.4) is 0 Å². The summed E-state index contributed by atoms with van der Waals surface area (Å²) in [7, 11) is 0. The van der Waals surface area contributed by atoms with Crippen LogP contribution in [0.2, 0.25) is 0 Å². The summed E-state index contributed by atoms with van der Waals surface area (Å²) < 4.78 is 12.1. The fraction of sp³-hybridized carbons (Fsp3) is 0.105. The lowest BCUT2D eigenvalue weighted by Crippen LogP contribution is -2.13. The van der Waals surface area contributed by atoms with E-state index in [1.165, 1.54) is 34.4 Å². The quantitative estimate of drug-likeness (QED) is 0.322. The molecule has 0 atom stereocenters. The lowest BCUT2D eigenvalue weighted by atomic mass is 10.2. The minimum Gasteiger partial charge on any atom is -0.454 e. The van der Waals surface area contributed by atoms with Gasteiger partial charge in [0.15, 0.2) is 21.0 Å². The second kappa shape index (κ2) is 8.49. The van der Waals surface area contributed by atoms with Crippen LogP contribution in [0, 0.1) is 0 Å². The Balaban J connectivity index is 1.15. The number of ether oxygens (including phenoxy) is 2. The van der Waals surface area contributed by atoms with Gasteiger partial charge in [-0.2, -0.15) is 0 Å². The van der Waals surface area contributed by atoms with Crippen LogP contribution >= 0.6 is 34.4 Å². The van der Waals surface area contributed by atoms with Crippen molar-refractivity contribution in [1.29, 1.82) is 0 Å². The van der Waals surface area contributed by atoms with Crippen molar-refractivity contribution in [2.45, 2.75) is 4.34 Å². The fourth-order valence-electron chi connectivity index (χ4n) is 2.73. The molecule has 4 aromatic rings. The van der Waals surface area contributed by atoms with E-state index >= 15 is 0 Å². The van der Waals surface area contributed by atoms with E-state index < -0.39 is 0 Å². The molecule has 5 rings (SSSR count). The first-order valence-corrected chi connectivity index (χ1v) is 11.6. The monoisotopic (exact) mass is 471 g/mol. The molecule has 0 bridgehead atoms. The number of thioether (sulfide) groups is 1. The van der Waals surface area contributed by atoms with Crippen molar-refractivity contribution in [2.24, 2.45) is 0 Å². The predicted octanol–water partition coefficient (Wildman–Crippen LogP) is 3.86. The molecule has 0 saturated heterocycles. The van der Waals surface area contributed by atoms with Gasteiger partial charge in [-0.15, -0.1) is 10.2 Å². The molecule has 0 aliphatic carbocycles. The Morgan fingerprint density at radius 1 is 1.00 bits per heavy atom. The SMILES string of the molecule is O=C(CSc1nnc(NC(=O)c2ccc3c(c2)OCO3)s1)Nc1nc2ccccc2s1. The van der Waals surface area contributed by atoms with Crippen molar-refractivity contribution in [3.63, 3.8) is 0 Å². The molecule has 2 aromatic heterocycles. The number of carbonyl (C=O) groups excluding carboxylic acids is 2. The number of nitrogens with zero attached hydrogens (tertiary/aromatic N) is 3. The molecule has 1 aliphatic heterocycles. The van der Waals surface area contributed by atoms with Crippen LogP contribution in [-0.2, 0) is 4.79 Å². The molecular weight excluding hydrogens is 458 g/mol. The summed E-state index contributed by atoms with van der Waals surface area (Å²) in [5.74, 6) is 0.765. The van der Waals surface area contributed by atoms with E-state index in [4.69, 9.17) is 9.47 Å². The van der Waals surface area contributed by atoms with Gasteiger partial charge in [-0.1, -0.05) is 46.6 Å². The molecule has 31 heavy (non-hydrogen) atoms. The number of fused-ring (bicyclic) bond motifs is 2. The number of hydrogen-bond donors (Lipinski definition) is 2. The number of hydrogen-bond acceptors (Lipinski definition) is 10. The maximum atomic E-state index is 12.4. The van der Waals surface area contributed by atoms with Crippen LogP contribution < -0.4 is 20.1 Å². The van der Waals surface area contributed by atoms with E-state index in [1.807, 2.05) is 24.3 Å². The summed E-state index contributed by atoms with van der Waals surface area (Å²) in [5.41, 5.74) is 1.27. The Labute approximate surface area is 187 Å². The molecule has 0 spiro atoms. The Morgan fingerprint density at radius 3 is 2.77 bits per heavy atom. The normalized spacial score (nSPS) is 12.1. The fourth-order valence-corrected chi connectivity index (χ4v) is 5.16. The lowest BCUT2D eigenvalue weighted by Gasteiger charge is -2.02. The zero-order valence-electron chi connectivity index (χ0n) is 15.7. The molecule has 1 aliphatic rings.